The molecule has 0 radical (unpaired) electrons. The Morgan fingerprint density at radius 3 is 2.38 bits per heavy atom. The van der Waals surface area contributed by atoms with E-state index >= 15 is 0 Å². The lowest BCUT2D eigenvalue weighted by molar-refractivity contribution is 0.103. The van der Waals surface area contributed by atoms with Crippen molar-refractivity contribution in [2.75, 3.05) is 21.5 Å². The molecule has 3 rings (SSSR count). The first-order chi connectivity index (χ1) is 12.1. The van der Waals surface area contributed by atoms with E-state index in [1.807, 2.05) is 0 Å². The maximum atomic E-state index is 12.1. The number of hydrogen-bond donors (Lipinski definition) is 1. The van der Waals surface area contributed by atoms with E-state index in [1.165, 1.54) is 29.5 Å². The number of rotatable bonds is 5. The first-order valence-electron chi connectivity index (χ1n) is 7.01. The van der Waals surface area contributed by atoms with E-state index in [2.05, 4.69) is 10.3 Å². The van der Waals surface area contributed by atoms with Crippen molar-refractivity contribution in [3.63, 3.8) is 0 Å². The lowest BCUT2D eigenvalue weighted by Crippen LogP contribution is -2.35. The fourth-order valence-corrected chi connectivity index (χ4v) is 6.75. The molecule has 12 heteroatoms. The number of amides is 1. The molecule has 2 aromatic heterocycles. The van der Waals surface area contributed by atoms with Gasteiger partial charge in [0.25, 0.3) is 5.91 Å². The highest BCUT2D eigenvalue weighted by molar-refractivity contribution is 8.09. The maximum absolute atomic E-state index is 12.1. The molecule has 0 unspecified atom stereocenters. The first kappa shape index (κ1) is 18.8. The van der Waals surface area contributed by atoms with Crippen LogP contribution in [0.5, 0.6) is 0 Å². The van der Waals surface area contributed by atoms with Crippen LogP contribution in [0.15, 0.2) is 35.7 Å². The molecular weight excluding hydrogens is 418 g/mol. The van der Waals surface area contributed by atoms with Crippen LogP contribution in [0.3, 0.4) is 0 Å². The highest BCUT2D eigenvalue weighted by Crippen LogP contribution is 2.31. The summed E-state index contributed by atoms with van der Waals surface area (Å²) in [5.41, 5.74) is 0.504. The second-order valence-electron chi connectivity index (χ2n) is 5.33. The fraction of sp³-hybridized carbons (Fsp3) is 0.143. The Kier molecular flexibility index (Phi) is 4.77. The van der Waals surface area contributed by atoms with Crippen LogP contribution >= 0.6 is 22.7 Å². The number of fused-ring (bicyclic) bond motifs is 1. The molecule has 26 heavy (non-hydrogen) atoms. The highest BCUT2D eigenvalue weighted by Gasteiger charge is 2.27. The highest BCUT2D eigenvalue weighted by atomic mass is 32.3. The SMILES string of the molecule is CS(=O)(=O)N(c1ccc2nc(NC(=O)c3cccs3)sc2c1)S(C)(=O)=O. The molecule has 0 aliphatic rings. The summed E-state index contributed by atoms with van der Waals surface area (Å²) in [6.07, 6.45) is 1.63. The van der Waals surface area contributed by atoms with E-state index in [0.717, 1.165) is 23.8 Å². The number of thiophene rings is 1. The Balaban J connectivity index is 1.98. The molecule has 0 bridgehead atoms. The zero-order chi connectivity index (χ0) is 19.1. The third-order valence-corrected chi connectivity index (χ3v) is 8.20. The standard InChI is InChI=1S/C14H13N3O5S4/c1-25(19,20)17(26(2,21)22)9-5-6-10-12(8-9)24-14(15-10)16-13(18)11-4-3-7-23-11/h3-8H,1-2H3,(H,15,16,18). The smallest absolute Gasteiger partial charge is 0.267 e. The molecule has 0 saturated heterocycles. The molecule has 8 nitrogen and oxygen atoms in total. The molecule has 2 heterocycles. The molecule has 0 aliphatic heterocycles. The third-order valence-electron chi connectivity index (χ3n) is 3.15. The van der Waals surface area contributed by atoms with Gasteiger partial charge in [-0.25, -0.2) is 21.8 Å². The van der Waals surface area contributed by atoms with Crippen LogP contribution in [0, 0.1) is 0 Å². The average molecular weight is 432 g/mol. The van der Waals surface area contributed by atoms with E-state index in [-0.39, 0.29) is 11.6 Å². The van der Waals surface area contributed by atoms with Gasteiger partial charge in [0.2, 0.25) is 20.0 Å². The molecule has 138 valence electrons. The van der Waals surface area contributed by atoms with Crippen LogP contribution in [0.4, 0.5) is 10.8 Å². The van der Waals surface area contributed by atoms with Crippen molar-refractivity contribution < 1.29 is 21.6 Å². The third kappa shape index (κ3) is 3.87. The van der Waals surface area contributed by atoms with E-state index in [0.29, 0.717) is 23.9 Å². The number of carbonyl (C=O) groups is 1. The number of anilines is 2. The van der Waals surface area contributed by atoms with Crippen molar-refractivity contribution in [2.45, 2.75) is 0 Å². The Hall–Kier alpha value is -2.02. The lowest BCUT2D eigenvalue weighted by Gasteiger charge is -2.19. The Labute approximate surface area is 158 Å². The second-order valence-corrected chi connectivity index (χ2v) is 11.2. The van der Waals surface area contributed by atoms with Gasteiger partial charge in [-0.15, -0.1) is 11.3 Å². The van der Waals surface area contributed by atoms with Gasteiger partial charge in [-0.05, 0) is 29.6 Å². The summed E-state index contributed by atoms with van der Waals surface area (Å²) in [6, 6.07) is 7.72. The predicted molar refractivity (Wildman–Crippen MR) is 104 cm³/mol. The van der Waals surface area contributed by atoms with Crippen molar-refractivity contribution in [3.05, 3.63) is 40.6 Å². The molecule has 0 aliphatic carbocycles. The molecule has 3 aromatic rings. The zero-order valence-electron chi connectivity index (χ0n) is 13.5. The molecule has 0 saturated carbocycles. The van der Waals surface area contributed by atoms with Crippen LogP contribution < -0.4 is 9.03 Å². The molecule has 1 N–H and O–H groups in total. The number of carbonyl (C=O) groups excluding carboxylic acids is 1. The van der Waals surface area contributed by atoms with Gasteiger partial charge in [0, 0.05) is 0 Å². The minimum absolute atomic E-state index is 0.0118. The summed E-state index contributed by atoms with van der Waals surface area (Å²) in [4.78, 5) is 16.9. The molecule has 1 amide bonds. The van der Waals surface area contributed by atoms with Gasteiger partial charge >= 0.3 is 0 Å². The number of nitrogens with zero attached hydrogens (tertiary/aromatic N) is 2. The van der Waals surface area contributed by atoms with Gasteiger partial charge < -0.3 is 0 Å². The van der Waals surface area contributed by atoms with Gasteiger partial charge in [0.15, 0.2) is 5.13 Å². The van der Waals surface area contributed by atoms with Crippen LogP contribution in [0.25, 0.3) is 10.2 Å². The summed E-state index contributed by atoms with van der Waals surface area (Å²) in [5.74, 6) is -0.298. The summed E-state index contributed by atoms with van der Waals surface area (Å²) in [5, 5.41) is 4.79. The van der Waals surface area contributed by atoms with Crippen LogP contribution in [0.2, 0.25) is 0 Å². The topological polar surface area (TPSA) is 114 Å². The first-order valence-corrected chi connectivity index (χ1v) is 12.4. The molecule has 1 aromatic carbocycles. The number of benzene rings is 1. The summed E-state index contributed by atoms with van der Waals surface area (Å²) in [7, 11) is -8.05. The second kappa shape index (κ2) is 6.61. The normalized spacial score (nSPS) is 12.2. The minimum atomic E-state index is -4.02. The van der Waals surface area contributed by atoms with Crippen molar-refractivity contribution in [3.8, 4) is 0 Å². The van der Waals surface area contributed by atoms with Gasteiger partial charge in [0.1, 0.15) is 0 Å². The van der Waals surface area contributed by atoms with Crippen LogP contribution in [-0.2, 0) is 20.0 Å². The van der Waals surface area contributed by atoms with Crippen molar-refractivity contribution in [1.82, 2.24) is 4.98 Å². The van der Waals surface area contributed by atoms with E-state index in [1.54, 1.807) is 17.5 Å². The maximum Gasteiger partial charge on any atom is 0.267 e. The number of aromatic nitrogens is 1. The Bertz CT molecular complexity index is 1150. The van der Waals surface area contributed by atoms with E-state index in [4.69, 9.17) is 0 Å². The predicted octanol–water partition coefficient (Wildman–Crippen LogP) is 2.34. The fourth-order valence-electron chi connectivity index (χ4n) is 2.28. The lowest BCUT2D eigenvalue weighted by atomic mass is 10.3. The summed E-state index contributed by atoms with van der Waals surface area (Å²) < 4.78 is 48.4. The minimum Gasteiger partial charge on any atom is -0.297 e. The molecule has 0 fully saturated rings. The number of hydrogen-bond acceptors (Lipinski definition) is 8. The Morgan fingerprint density at radius 2 is 1.81 bits per heavy atom. The van der Waals surface area contributed by atoms with Crippen molar-refractivity contribution in [1.29, 1.82) is 0 Å². The number of thiazole rings is 1. The van der Waals surface area contributed by atoms with Gasteiger partial charge in [-0.3, -0.25) is 10.1 Å². The van der Waals surface area contributed by atoms with Crippen LogP contribution in [-0.4, -0.2) is 40.2 Å². The number of sulfonamides is 2. The van der Waals surface area contributed by atoms with E-state index in [9.17, 15) is 21.6 Å². The molecule has 0 spiro atoms. The van der Waals surface area contributed by atoms with Gasteiger partial charge in [-0.2, -0.15) is 3.71 Å². The van der Waals surface area contributed by atoms with Gasteiger partial charge in [-0.1, -0.05) is 17.4 Å². The molecule has 0 atom stereocenters. The van der Waals surface area contributed by atoms with Gasteiger partial charge in [0.05, 0.1) is 33.3 Å². The van der Waals surface area contributed by atoms with Crippen molar-refractivity contribution in [2.24, 2.45) is 0 Å². The monoisotopic (exact) mass is 431 g/mol. The zero-order valence-corrected chi connectivity index (χ0v) is 16.8. The van der Waals surface area contributed by atoms with Crippen LogP contribution in [0.1, 0.15) is 9.67 Å². The molecular formula is C14H13N3O5S4. The van der Waals surface area contributed by atoms with E-state index < -0.39 is 20.0 Å². The quantitative estimate of drug-likeness (QED) is 0.663. The number of nitrogens with one attached hydrogen (secondary N) is 1. The summed E-state index contributed by atoms with van der Waals surface area (Å²) >= 11 is 2.41. The van der Waals surface area contributed by atoms with Crippen molar-refractivity contribution >= 4 is 69.7 Å². The Morgan fingerprint density at radius 1 is 1.12 bits per heavy atom. The summed E-state index contributed by atoms with van der Waals surface area (Å²) in [6.45, 7) is 0. The average Bonchev–Trinajstić information content (AvgIpc) is 3.12. The largest absolute Gasteiger partial charge is 0.297 e.